The van der Waals surface area contributed by atoms with Crippen molar-refractivity contribution in [3.05, 3.63) is 90.0 Å². The second kappa shape index (κ2) is 10.4. The Bertz CT molecular complexity index is 1210. The number of rotatable bonds is 9. The molecular weight excluding hydrogens is 418 g/mol. The fourth-order valence-corrected chi connectivity index (χ4v) is 3.20. The van der Waals surface area contributed by atoms with Gasteiger partial charge in [0.25, 0.3) is 5.91 Å². The van der Waals surface area contributed by atoms with Crippen molar-refractivity contribution < 1.29 is 14.3 Å². The monoisotopic (exact) mass is 443 g/mol. The SMILES string of the molecule is CCCOc1ccc(Oc2ncccc2CNC(=O)c2cnn(-c3ccccn3)c2C)cc1. The van der Waals surface area contributed by atoms with Crippen molar-refractivity contribution in [1.82, 2.24) is 25.1 Å². The fourth-order valence-electron chi connectivity index (χ4n) is 3.20. The van der Waals surface area contributed by atoms with Gasteiger partial charge in [-0.2, -0.15) is 5.10 Å². The molecule has 0 unspecified atom stereocenters. The van der Waals surface area contributed by atoms with Gasteiger partial charge in [0, 0.05) is 24.5 Å². The molecule has 1 N–H and O–H groups in total. The Hall–Kier alpha value is -4.20. The van der Waals surface area contributed by atoms with Gasteiger partial charge in [-0.3, -0.25) is 4.79 Å². The van der Waals surface area contributed by atoms with Crippen LogP contribution >= 0.6 is 0 Å². The lowest BCUT2D eigenvalue weighted by atomic mass is 10.2. The molecule has 0 saturated carbocycles. The van der Waals surface area contributed by atoms with E-state index in [4.69, 9.17) is 9.47 Å². The zero-order chi connectivity index (χ0) is 23.0. The Morgan fingerprint density at radius 1 is 1.00 bits per heavy atom. The molecule has 3 aromatic heterocycles. The number of benzene rings is 1. The van der Waals surface area contributed by atoms with E-state index in [0.717, 1.165) is 17.7 Å². The lowest BCUT2D eigenvalue weighted by Crippen LogP contribution is -2.23. The van der Waals surface area contributed by atoms with E-state index in [1.165, 1.54) is 0 Å². The molecule has 1 aromatic carbocycles. The van der Waals surface area contributed by atoms with E-state index in [1.807, 2.05) is 55.5 Å². The van der Waals surface area contributed by atoms with Crippen molar-refractivity contribution in [2.45, 2.75) is 26.8 Å². The summed E-state index contributed by atoms with van der Waals surface area (Å²) in [4.78, 5) is 21.4. The van der Waals surface area contributed by atoms with Gasteiger partial charge in [0.15, 0.2) is 5.82 Å². The van der Waals surface area contributed by atoms with Gasteiger partial charge < -0.3 is 14.8 Å². The number of nitrogens with one attached hydrogen (secondary N) is 1. The van der Waals surface area contributed by atoms with E-state index in [1.54, 1.807) is 29.3 Å². The molecule has 4 aromatic rings. The van der Waals surface area contributed by atoms with E-state index in [-0.39, 0.29) is 12.5 Å². The minimum absolute atomic E-state index is 0.234. The molecule has 0 aliphatic rings. The summed E-state index contributed by atoms with van der Waals surface area (Å²) in [7, 11) is 0. The number of amides is 1. The summed E-state index contributed by atoms with van der Waals surface area (Å²) in [5.41, 5.74) is 1.95. The van der Waals surface area contributed by atoms with Crippen LogP contribution in [0.3, 0.4) is 0 Å². The summed E-state index contributed by atoms with van der Waals surface area (Å²) in [6, 6.07) is 16.6. The normalized spacial score (nSPS) is 10.6. The van der Waals surface area contributed by atoms with Crippen molar-refractivity contribution in [2.24, 2.45) is 0 Å². The van der Waals surface area contributed by atoms with E-state index < -0.39 is 0 Å². The number of ether oxygens (including phenoxy) is 2. The average molecular weight is 444 g/mol. The number of hydrogen-bond acceptors (Lipinski definition) is 6. The molecular formula is C25H25N5O3. The highest BCUT2D eigenvalue weighted by Crippen LogP contribution is 2.25. The second-order valence-corrected chi connectivity index (χ2v) is 7.32. The molecule has 0 radical (unpaired) electrons. The number of carbonyl (C=O) groups is 1. The highest BCUT2D eigenvalue weighted by Gasteiger charge is 2.16. The summed E-state index contributed by atoms with van der Waals surface area (Å²) in [5.74, 6) is 2.28. The number of hydrogen-bond donors (Lipinski definition) is 1. The molecule has 0 aliphatic heterocycles. The standard InChI is InChI=1S/C25H25N5O3/c1-3-15-32-20-9-11-21(12-10-20)33-25-19(7-6-14-27-25)16-28-24(31)22-17-29-30(18(22)2)23-8-4-5-13-26-23/h4-14,17H,3,15-16H2,1-2H3,(H,28,31). The molecule has 8 nitrogen and oxygen atoms in total. The summed E-state index contributed by atoms with van der Waals surface area (Å²) in [6.07, 6.45) is 5.83. The molecule has 33 heavy (non-hydrogen) atoms. The maximum absolute atomic E-state index is 12.8. The first-order valence-electron chi connectivity index (χ1n) is 10.7. The van der Waals surface area contributed by atoms with Crippen LogP contribution in [0.4, 0.5) is 0 Å². The summed E-state index contributed by atoms with van der Waals surface area (Å²) >= 11 is 0. The quantitative estimate of drug-likeness (QED) is 0.410. The number of pyridine rings is 2. The molecule has 8 heteroatoms. The number of aromatic nitrogens is 4. The van der Waals surface area contributed by atoms with Gasteiger partial charge in [-0.15, -0.1) is 0 Å². The van der Waals surface area contributed by atoms with E-state index in [0.29, 0.717) is 35.3 Å². The first-order chi connectivity index (χ1) is 16.2. The molecule has 0 aliphatic carbocycles. The summed E-state index contributed by atoms with van der Waals surface area (Å²) < 4.78 is 13.2. The van der Waals surface area contributed by atoms with Crippen LogP contribution < -0.4 is 14.8 Å². The molecule has 4 rings (SSSR count). The van der Waals surface area contributed by atoms with Crippen LogP contribution in [0.1, 0.15) is 35.0 Å². The predicted octanol–water partition coefficient (Wildman–Crippen LogP) is 4.48. The summed E-state index contributed by atoms with van der Waals surface area (Å²) in [6.45, 7) is 4.83. The molecule has 0 bridgehead atoms. The van der Waals surface area contributed by atoms with E-state index in [9.17, 15) is 4.79 Å². The zero-order valence-electron chi connectivity index (χ0n) is 18.6. The van der Waals surface area contributed by atoms with Gasteiger partial charge in [-0.05, 0) is 55.8 Å². The number of nitrogens with zero attached hydrogens (tertiary/aromatic N) is 4. The van der Waals surface area contributed by atoms with Crippen molar-refractivity contribution in [3.63, 3.8) is 0 Å². The fraction of sp³-hybridized carbons (Fsp3) is 0.200. The van der Waals surface area contributed by atoms with Crippen LogP contribution in [0.5, 0.6) is 17.4 Å². The Labute approximate surface area is 192 Å². The van der Waals surface area contributed by atoms with Crippen LogP contribution in [-0.4, -0.2) is 32.3 Å². The van der Waals surface area contributed by atoms with Gasteiger partial charge in [-0.1, -0.05) is 19.1 Å². The first-order valence-corrected chi connectivity index (χ1v) is 10.7. The van der Waals surface area contributed by atoms with Crippen LogP contribution in [0.25, 0.3) is 5.82 Å². The van der Waals surface area contributed by atoms with Crippen LogP contribution in [0.2, 0.25) is 0 Å². The molecule has 3 heterocycles. The molecule has 0 fully saturated rings. The van der Waals surface area contributed by atoms with Crippen molar-refractivity contribution >= 4 is 5.91 Å². The van der Waals surface area contributed by atoms with Gasteiger partial charge >= 0.3 is 0 Å². The second-order valence-electron chi connectivity index (χ2n) is 7.32. The lowest BCUT2D eigenvalue weighted by Gasteiger charge is -2.11. The third-order valence-electron chi connectivity index (χ3n) is 4.92. The van der Waals surface area contributed by atoms with Gasteiger partial charge in [0.1, 0.15) is 11.5 Å². The highest BCUT2D eigenvalue weighted by atomic mass is 16.5. The molecule has 0 atom stereocenters. The lowest BCUT2D eigenvalue weighted by molar-refractivity contribution is 0.0950. The van der Waals surface area contributed by atoms with Crippen LogP contribution in [-0.2, 0) is 6.54 Å². The van der Waals surface area contributed by atoms with Crippen molar-refractivity contribution in [3.8, 4) is 23.2 Å². The Morgan fingerprint density at radius 3 is 2.55 bits per heavy atom. The van der Waals surface area contributed by atoms with E-state index in [2.05, 4.69) is 27.3 Å². The summed E-state index contributed by atoms with van der Waals surface area (Å²) in [5, 5.41) is 7.23. The number of carbonyl (C=O) groups excluding carboxylic acids is 1. The van der Waals surface area contributed by atoms with Crippen LogP contribution in [0.15, 0.2) is 73.2 Å². The first kappa shape index (κ1) is 22.0. The van der Waals surface area contributed by atoms with Crippen LogP contribution in [0, 0.1) is 6.92 Å². The maximum Gasteiger partial charge on any atom is 0.255 e. The van der Waals surface area contributed by atoms with Crippen molar-refractivity contribution in [2.75, 3.05) is 6.61 Å². The van der Waals surface area contributed by atoms with Crippen molar-refractivity contribution in [1.29, 1.82) is 0 Å². The predicted molar refractivity (Wildman–Crippen MR) is 124 cm³/mol. The van der Waals surface area contributed by atoms with Gasteiger partial charge in [0.05, 0.1) is 24.1 Å². The Balaban J connectivity index is 1.42. The van der Waals surface area contributed by atoms with Gasteiger partial charge in [-0.25, -0.2) is 14.6 Å². The molecule has 168 valence electrons. The average Bonchev–Trinajstić information content (AvgIpc) is 3.24. The topological polar surface area (TPSA) is 91.2 Å². The third kappa shape index (κ3) is 5.35. The maximum atomic E-state index is 12.8. The highest BCUT2D eigenvalue weighted by molar-refractivity contribution is 5.95. The third-order valence-corrected chi connectivity index (χ3v) is 4.92. The molecule has 0 spiro atoms. The smallest absolute Gasteiger partial charge is 0.255 e. The molecule has 1 amide bonds. The minimum atomic E-state index is -0.234. The Kier molecular flexibility index (Phi) is 6.94. The zero-order valence-corrected chi connectivity index (χ0v) is 18.6. The van der Waals surface area contributed by atoms with Gasteiger partial charge in [0.2, 0.25) is 5.88 Å². The molecule has 0 saturated heterocycles. The Morgan fingerprint density at radius 2 is 1.79 bits per heavy atom. The largest absolute Gasteiger partial charge is 0.494 e. The van der Waals surface area contributed by atoms with E-state index >= 15 is 0 Å². The minimum Gasteiger partial charge on any atom is -0.494 e.